The minimum absolute atomic E-state index is 0.255. The maximum Gasteiger partial charge on any atom is 0.416 e. The summed E-state index contributed by atoms with van der Waals surface area (Å²) in [5.74, 6) is -2.26. The maximum atomic E-state index is 13.3. The summed E-state index contributed by atoms with van der Waals surface area (Å²) in [7, 11) is 0. The fourth-order valence-electron chi connectivity index (χ4n) is 1.36. The fraction of sp³-hybridized carbons (Fsp3) is 0.0909. The highest BCUT2D eigenvalue weighted by atomic mass is 19.4. The molecule has 0 saturated carbocycles. The van der Waals surface area contributed by atoms with Crippen LogP contribution in [0.15, 0.2) is 30.5 Å². The van der Waals surface area contributed by atoms with Gasteiger partial charge in [-0.1, -0.05) is 0 Å². The van der Waals surface area contributed by atoms with E-state index in [1.165, 1.54) is 0 Å². The zero-order chi connectivity index (χ0) is 13.3. The lowest BCUT2D eigenvalue weighted by Gasteiger charge is -2.08. The van der Waals surface area contributed by atoms with E-state index in [4.69, 9.17) is 0 Å². The summed E-state index contributed by atoms with van der Waals surface area (Å²) in [5, 5.41) is 0. The van der Waals surface area contributed by atoms with Crippen LogP contribution in [-0.4, -0.2) is 9.97 Å². The molecule has 94 valence electrons. The van der Waals surface area contributed by atoms with Crippen LogP contribution in [0.25, 0.3) is 11.3 Å². The van der Waals surface area contributed by atoms with Gasteiger partial charge in [0, 0.05) is 6.20 Å². The van der Waals surface area contributed by atoms with Gasteiger partial charge in [-0.25, -0.2) is 0 Å². The molecule has 0 fully saturated rings. The number of rotatable bonds is 1. The normalized spacial score (nSPS) is 11.6. The van der Waals surface area contributed by atoms with Crippen molar-refractivity contribution in [2.45, 2.75) is 6.18 Å². The molecular weight excluding hydrogens is 255 g/mol. The van der Waals surface area contributed by atoms with E-state index in [0.717, 1.165) is 24.4 Å². The van der Waals surface area contributed by atoms with Gasteiger partial charge < -0.3 is 0 Å². The van der Waals surface area contributed by atoms with E-state index in [2.05, 4.69) is 9.97 Å². The Hall–Kier alpha value is -2.05. The highest BCUT2D eigenvalue weighted by Crippen LogP contribution is 2.31. The molecule has 18 heavy (non-hydrogen) atoms. The number of hydrogen-bond acceptors (Lipinski definition) is 2. The Morgan fingerprint density at radius 3 is 2.33 bits per heavy atom. The largest absolute Gasteiger partial charge is 0.416 e. The highest BCUT2D eigenvalue weighted by molar-refractivity contribution is 5.59. The Labute approximate surface area is 98.1 Å². The number of halogens is 5. The molecule has 0 radical (unpaired) electrons. The number of hydrogen-bond donors (Lipinski definition) is 0. The van der Waals surface area contributed by atoms with E-state index < -0.39 is 23.6 Å². The van der Waals surface area contributed by atoms with Crippen LogP contribution < -0.4 is 0 Å². The smallest absolute Gasteiger partial charge is 0.256 e. The van der Waals surface area contributed by atoms with Crippen LogP contribution in [0, 0.1) is 11.9 Å². The molecule has 0 aromatic carbocycles. The quantitative estimate of drug-likeness (QED) is 0.579. The van der Waals surface area contributed by atoms with E-state index in [9.17, 15) is 22.0 Å². The van der Waals surface area contributed by atoms with Crippen molar-refractivity contribution in [1.29, 1.82) is 0 Å². The van der Waals surface area contributed by atoms with Gasteiger partial charge in [0.2, 0.25) is 11.9 Å². The minimum Gasteiger partial charge on any atom is -0.256 e. The van der Waals surface area contributed by atoms with Gasteiger partial charge in [-0.05, 0) is 24.3 Å². The van der Waals surface area contributed by atoms with Gasteiger partial charge >= 0.3 is 6.18 Å². The summed E-state index contributed by atoms with van der Waals surface area (Å²) in [5.41, 5.74) is -1.51. The highest BCUT2D eigenvalue weighted by Gasteiger charge is 2.31. The van der Waals surface area contributed by atoms with Crippen LogP contribution in [0.5, 0.6) is 0 Å². The molecule has 0 saturated heterocycles. The minimum atomic E-state index is -4.55. The third-order valence-electron chi connectivity index (χ3n) is 2.18. The molecule has 2 rings (SSSR count). The molecule has 0 aliphatic heterocycles. The summed E-state index contributed by atoms with van der Waals surface area (Å²) in [6.45, 7) is 0. The number of nitrogens with zero attached hydrogens (tertiary/aromatic N) is 2. The molecule has 0 bridgehead atoms. The van der Waals surface area contributed by atoms with Gasteiger partial charge in [-0.2, -0.15) is 26.9 Å². The second-order valence-corrected chi connectivity index (χ2v) is 3.40. The number of aromatic nitrogens is 2. The Bertz CT molecular complexity index is 580. The van der Waals surface area contributed by atoms with Crippen molar-refractivity contribution >= 4 is 0 Å². The Kier molecular flexibility index (Phi) is 2.98. The van der Waals surface area contributed by atoms with E-state index in [1.54, 1.807) is 0 Å². The molecule has 0 N–H and O–H groups in total. The first-order valence-corrected chi connectivity index (χ1v) is 4.73. The van der Waals surface area contributed by atoms with Gasteiger partial charge in [-0.15, -0.1) is 0 Å². The first kappa shape index (κ1) is 12.4. The molecule has 0 aliphatic rings. The summed E-state index contributed by atoms with van der Waals surface area (Å²) in [4.78, 5) is 6.50. The fourth-order valence-corrected chi connectivity index (χ4v) is 1.36. The van der Waals surface area contributed by atoms with Crippen LogP contribution in [0.2, 0.25) is 0 Å². The summed E-state index contributed by atoms with van der Waals surface area (Å²) in [6, 6.07) is 3.27. The summed E-state index contributed by atoms with van der Waals surface area (Å²) < 4.78 is 63.2. The van der Waals surface area contributed by atoms with Crippen molar-refractivity contribution in [3.05, 3.63) is 47.9 Å². The van der Waals surface area contributed by atoms with E-state index in [1.807, 2.05) is 0 Å². The van der Waals surface area contributed by atoms with Gasteiger partial charge in [0.15, 0.2) is 0 Å². The number of alkyl halides is 3. The van der Waals surface area contributed by atoms with E-state index in [-0.39, 0.29) is 11.3 Å². The van der Waals surface area contributed by atoms with Gasteiger partial charge in [0.05, 0.1) is 16.8 Å². The van der Waals surface area contributed by atoms with E-state index in [0.29, 0.717) is 6.07 Å². The van der Waals surface area contributed by atoms with Crippen molar-refractivity contribution in [2.75, 3.05) is 0 Å². The van der Waals surface area contributed by atoms with Crippen LogP contribution in [0.4, 0.5) is 22.0 Å². The van der Waals surface area contributed by atoms with Crippen molar-refractivity contribution in [2.24, 2.45) is 0 Å². The first-order chi connectivity index (χ1) is 8.38. The molecule has 2 aromatic rings. The molecule has 0 amide bonds. The summed E-state index contributed by atoms with van der Waals surface area (Å²) >= 11 is 0. The summed E-state index contributed by atoms with van der Waals surface area (Å²) in [6.07, 6.45) is -3.65. The Morgan fingerprint density at radius 1 is 1.00 bits per heavy atom. The Balaban J connectivity index is 2.51. The lowest BCUT2D eigenvalue weighted by atomic mass is 10.1. The van der Waals surface area contributed by atoms with Crippen LogP contribution >= 0.6 is 0 Å². The van der Waals surface area contributed by atoms with Crippen molar-refractivity contribution in [3.8, 4) is 11.3 Å². The Morgan fingerprint density at radius 2 is 1.72 bits per heavy atom. The van der Waals surface area contributed by atoms with Crippen LogP contribution in [0.3, 0.4) is 0 Å². The zero-order valence-electron chi connectivity index (χ0n) is 8.67. The molecule has 0 spiro atoms. The maximum absolute atomic E-state index is 13.3. The topological polar surface area (TPSA) is 25.8 Å². The molecule has 2 aromatic heterocycles. The van der Waals surface area contributed by atoms with Crippen molar-refractivity contribution < 1.29 is 22.0 Å². The van der Waals surface area contributed by atoms with Crippen LogP contribution in [-0.2, 0) is 6.18 Å². The molecule has 0 atom stereocenters. The monoisotopic (exact) mass is 260 g/mol. The number of pyridine rings is 2. The average Bonchev–Trinajstić information content (AvgIpc) is 2.28. The molecule has 2 nitrogen and oxygen atoms in total. The third-order valence-corrected chi connectivity index (χ3v) is 2.18. The predicted octanol–water partition coefficient (Wildman–Crippen LogP) is 3.44. The SMILES string of the molecule is Fc1ccc(-c2cc(C(F)(F)F)ccn2)c(F)n1. The molecule has 0 unspecified atom stereocenters. The lowest BCUT2D eigenvalue weighted by molar-refractivity contribution is -0.137. The van der Waals surface area contributed by atoms with Gasteiger partial charge in [0.25, 0.3) is 0 Å². The van der Waals surface area contributed by atoms with Crippen LogP contribution in [0.1, 0.15) is 5.56 Å². The van der Waals surface area contributed by atoms with Gasteiger partial charge in [-0.3, -0.25) is 4.98 Å². The second-order valence-electron chi connectivity index (χ2n) is 3.40. The second kappa shape index (κ2) is 4.32. The van der Waals surface area contributed by atoms with Crippen molar-refractivity contribution in [1.82, 2.24) is 9.97 Å². The predicted molar refractivity (Wildman–Crippen MR) is 52.4 cm³/mol. The first-order valence-electron chi connectivity index (χ1n) is 4.73. The van der Waals surface area contributed by atoms with Gasteiger partial charge in [0.1, 0.15) is 0 Å². The lowest BCUT2D eigenvalue weighted by Crippen LogP contribution is -2.05. The zero-order valence-corrected chi connectivity index (χ0v) is 8.67. The molecule has 2 heterocycles. The average molecular weight is 260 g/mol. The van der Waals surface area contributed by atoms with E-state index >= 15 is 0 Å². The molecular formula is C11H5F5N2. The van der Waals surface area contributed by atoms with Crippen molar-refractivity contribution in [3.63, 3.8) is 0 Å². The standard InChI is InChI=1S/C11H5F5N2/c12-9-2-1-7(10(13)18-9)8-5-6(3-4-17-8)11(14,15)16/h1-5H. The molecule has 7 heteroatoms. The third kappa shape index (κ3) is 2.44. The molecule has 0 aliphatic carbocycles.